The van der Waals surface area contributed by atoms with Gasteiger partial charge in [0.15, 0.2) is 0 Å². The van der Waals surface area contributed by atoms with E-state index in [1.54, 1.807) is 6.20 Å². The Kier molecular flexibility index (Phi) is 2.47. The number of halogens is 1. The smallest absolute Gasteiger partial charge is 0.217 e. The lowest BCUT2D eigenvalue weighted by molar-refractivity contribution is 0.940. The van der Waals surface area contributed by atoms with Crippen molar-refractivity contribution in [2.24, 2.45) is 0 Å². The van der Waals surface area contributed by atoms with Crippen LogP contribution in [-0.2, 0) is 0 Å². The Morgan fingerprint density at radius 3 is 2.71 bits per heavy atom. The van der Waals surface area contributed by atoms with Crippen LogP contribution < -0.4 is 0 Å². The highest BCUT2D eigenvalue weighted by Crippen LogP contribution is 2.21. The van der Waals surface area contributed by atoms with E-state index in [4.69, 9.17) is 5.26 Å². The van der Waals surface area contributed by atoms with E-state index >= 15 is 0 Å². The molecule has 2 heterocycles. The third-order valence-electron chi connectivity index (χ3n) is 1.37. The lowest BCUT2D eigenvalue weighted by atomic mass is 10.5. The predicted octanol–water partition coefficient (Wildman–Crippen LogP) is 1.63. The maximum absolute atomic E-state index is 8.60. The first-order valence-corrected chi connectivity index (χ1v) is 5.12. The first-order chi connectivity index (χ1) is 6.79. The SMILES string of the molecule is N#Cc1cnc(-c2cnc(Br)nn2)s1. The Hall–Kier alpha value is -1.39. The molecule has 0 saturated carbocycles. The largest absolute Gasteiger partial charge is 0.241 e. The van der Waals surface area contributed by atoms with Crippen LogP contribution in [-0.4, -0.2) is 20.2 Å². The molecule has 0 aromatic carbocycles. The van der Waals surface area contributed by atoms with Gasteiger partial charge in [0.2, 0.25) is 4.73 Å². The van der Waals surface area contributed by atoms with E-state index in [-0.39, 0.29) is 0 Å². The molecule has 0 amide bonds. The van der Waals surface area contributed by atoms with E-state index in [0.29, 0.717) is 20.3 Å². The topological polar surface area (TPSA) is 75.3 Å². The minimum atomic E-state index is 0.429. The van der Waals surface area contributed by atoms with Crippen molar-refractivity contribution in [3.8, 4) is 16.8 Å². The monoisotopic (exact) mass is 267 g/mol. The highest BCUT2D eigenvalue weighted by atomic mass is 79.9. The van der Waals surface area contributed by atoms with Crippen LogP contribution >= 0.6 is 27.3 Å². The second kappa shape index (κ2) is 3.77. The second-order valence-corrected chi connectivity index (χ2v) is 3.99. The molecular formula is C7H2BrN5S. The zero-order valence-electron chi connectivity index (χ0n) is 6.68. The molecule has 0 aliphatic rings. The number of rotatable bonds is 1. The van der Waals surface area contributed by atoms with Gasteiger partial charge < -0.3 is 0 Å². The standard InChI is InChI=1S/C7H2BrN5S/c8-7-11-3-5(12-13-7)6-10-2-4(1-9)14-6/h2-3H. The van der Waals surface area contributed by atoms with Crippen molar-refractivity contribution in [1.82, 2.24) is 20.2 Å². The fourth-order valence-corrected chi connectivity index (χ4v) is 1.65. The summed E-state index contributed by atoms with van der Waals surface area (Å²) < 4.78 is 0.429. The highest BCUT2D eigenvalue weighted by Gasteiger charge is 2.06. The molecule has 0 radical (unpaired) electrons. The van der Waals surface area contributed by atoms with E-state index in [9.17, 15) is 0 Å². The van der Waals surface area contributed by atoms with Crippen LogP contribution in [0, 0.1) is 11.3 Å². The molecule has 2 rings (SSSR count). The number of hydrogen-bond donors (Lipinski definition) is 0. The summed E-state index contributed by atoms with van der Waals surface area (Å²) in [4.78, 5) is 8.49. The van der Waals surface area contributed by atoms with Crippen molar-refractivity contribution in [3.05, 3.63) is 22.0 Å². The molecule has 14 heavy (non-hydrogen) atoms. The first kappa shape index (κ1) is 9.18. The van der Waals surface area contributed by atoms with Gasteiger partial charge in [-0.15, -0.1) is 21.5 Å². The molecule has 0 bridgehead atoms. The molecule has 2 aromatic heterocycles. The van der Waals surface area contributed by atoms with Crippen molar-refractivity contribution in [1.29, 1.82) is 5.26 Å². The molecule has 2 aromatic rings. The molecular weight excluding hydrogens is 266 g/mol. The molecule has 0 saturated heterocycles. The molecule has 68 valence electrons. The summed E-state index contributed by atoms with van der Waals surface area (Å²) in [7, 11) is 0. The summed E-state index contributed by atoms with van der Waals surface area (Å²) in [5.41, 5.74) is 0.569. The maximum Gasteiger partial charge on any atom is 0.217 e. The van der Waals surface area contributed by atoms with Crippen molar-refractivity contribution in [3.63, 3.8) is 0 Å². The first-order valence-electron chi connectivity index (χ1n) is 3.51. The van der Waals surface area contributed by atoms with E-state index in [1.165, 1.54) is 17.5 Å². The van der Waals surface area contributed by atoms with Gasteiger partial charge in [-0.2, -0.15) is 5.26 Å². The minimum absolute atomic E-state index is 0.429. The molecule has 0 atom stereocenters. The Morgan fingerprint density at radius 1 is 1.29 bits per heavy atom. The van der Waals surface area contributed by atoms with Crippen molar-refractivity contribution in [2.75, 3.05) is 0 Å². The van der Waals surface area contributed by atoms with Crippen LogP contribution in [0.15, 0.2) is 17.1 Å². The van der Waals surface area contributed by atoms with Crippen LogP contribution in [0.4, 0.5) is 0 Å². The van der Waals surface area contributed by atoms with Gasteiger partial charge in [-0.05, 0) is 15.9 Å². The fourth-order valence-electron chi connectivity index (χ4n) is 0.803. The van der Waals surface area contributed by atoms with Gasteiger partial charge in [0.25, 0.3) is 0 Å². The summed E-state index contributed by atoms with van der Waals surface area (Å²) in [6.07, 6.45) is 3.06. The Morgan fingerprint density at radius 2 is 2.14 bits per heavy atom. The third-order valence-corrected chi connectivity index (χ3v) is 2.66. The Bertz CT molecular complexity index is 486. The predicted molar refractivity (Wildman–Crippen MR) is 53.4 cm³/mol. The van der Waals surface area contributed by atoms with Gasteiger partial charge in [-0.1, -0.05) is 0 Å². The van der Waals surface area contributed by atoms with Crippen molar-refractivity contribution in [2.45, 2.75) is 0 Å². The normalized spacial score (nSPS) is 9.71. The van der Waals surface area contributed by atoms with E-state index in [2.05, 4.69) is 36.1 Å². The van der Waals surface area contributed by atoms with Gasteiger partial charge in [0.05, 0.1) is 12.4 Å². The second-order valence-electron chi connectivity index (χ2n) is 2.25. The number of nitrogens with zero attached hydrogens (tertiary/aromatic N) is 5. The van der Waals surface area contributed by atoms with E-state index in [1.807, 2.05) is 6.07 Å². The third kappa shape index (κ3) is 1.76. The lowest BCUT2D eigenvalue weighted by Crippen LogP contribution is -1.89. The van der Waals surface area contributed by atoms with Gasteiger partial charge in [0, 0.05) is 0 Å². The van der Waals surface area contributed by atoms with Crippen LogP contribution in [0.3, 0.4) is 0 Å². The molecule has 0 aliphatic heterocycles. The van der Waals surface area contributed by atoms with Crippen LogP contribution in [0.2, 0.25) is 0 Å². The van der Waals surface area contributed by atoms with Crippen LogP contribution in [0.1, 0.15) is 4.88 Å². The van der Waals surface area contributed by atoms with Crippen molar-refractivity contribution < 1.29 is 0 Å². The summed E-state index contributed by atoms with van der Waals surface area (Å²) in [5.74, 6) is 0. The molecule has 0 N–H and O–H groups in total. The molecule has 0 aliphatic carbocycles. The van der Waals surface area contributed by atoms with Gasteiger partial charge >= 0.3 is 0 Å². The molecule has 0 spiro atoms. The fraction of sp³-hybridized carbons (Fsp3) is 0. The van der Waals surface area contributed by atoms with Gasteiger partial charge in [-0.25, -0.2) is 9.97 Å². The lowest BCUT2D eigenvalue weighted by Gasteiger charge is -1.91. The Labute approximate surface area is 91.6 Å². The van der Waals surface area contributed by atoms with E-state index < -0.39 is 0 Å². The molecule has 0 fully saturated rings. The van der Waals surface area contributed by atoms with Gasteiger partial charge in [-0.3, -0.25) is 0 Å². The molecule has 5 nitrogen and oxygen atoms in total. The van der Waals surface area contributed by atoms with Crippen molar-refractivity contribution >= 4 is 27.3 Å². The number of hydrogen-bond acceptors (Lipinski definition) is 6. The summed E-state index contributed by atoms with van der Waals surface area (Å²) in [6.45, 7) is 0. The summed E-state index contributed by atoms with van der Waals surface area (Å²) in [6, 6.07) is 2.01. The van der Waals surface area contributed by atoms with E-state index in [0.717, 1.165) is 0 Å². The Balaban J connectivity index is 2.40. The average Bonchev–Trinajstić information content (AvgIpc) is 2.67. The average molecular weight is 268 g/mol. The van der Waals surface area contributed by atoms with Crippen LogP contribution in [0.25, 0.3) is 10.7 Å². The molecule has 0 unspecified atom stereocenters. The van der Waals surface area contributed by atoms with Gasteiger partial charge in [0.1, 0.15) is 21.6 Å². The molecule has 7 heteroatoms. The summed E-state index contributed by atoms with van der Waals surface area (Å²) >= 11 is 4.34. The number of thiazole rings is 1. The number of nitriles is 1. The maximum atomic E-state index is 8.60. The number of aromatic nitrogens is 4. The summed E-state index contributed by atoms with van der Waals surface area (Å²) in [5, 5.41) is 16.9. The zero-order valence-corrected chi connectivity index (χ0v) is 9.08. The zero-order chi connectivity index (χ0) is 9.97. The highest BCUT2D eigenvalue weighted by molar-refractivity contribution is 9.10. The van der Waals surface area contributed by atoms with Crippen LogP contribution in [0.5, 0.6) is 0 Å². The quantitative estimate of drug-likeness (QED) is 0.785. The minimum Gasteiger partial charge on any atom is -0.241 e.